The van der Waals surface area contributed by atoms with Crippen LogP contribution in [0.1, 0.15) is 30.9 Å². The van der Waals surface area contributed by atoms with E-state index >= 15 is 0 Å². The first-order valence-corrected chi connectivity index (χ1v) is 7.37. The Morgan fingerprint density at radius 3 is 2.39 bits per heavy atom. The van der Waals surface area contributed by atoms with Crippen molar-refractivity contribution in [2.75, 3.05) is 13.1 Å². The number of nitrogens with two attached hydrogens (primary N) is 1. The maximum absolute atomic E-state index is 6.37. The highest BCUT2D eigenvalue weighted by atomic mass is 35.5. The molecule has 2 N–H and O–H groups in total. The minimum Gasteiger partial charge on any atom is -0.330 e. The van der Waals surface area contributed by atoms with E-state index in [1.54, 1.807) is 0 Å². The standard InChI is InChI=1S/C14H18Cl2N2/c15-11-2-1-3-12(16)13(11)14-9(8-17)6-7-18(14)10-4-5-10/h1-3,9-10,14H,4-8,17H2. The molecule has 2 nitrogen and oxygen atoms in total. The summed E-state index contributed by atoms with van der Waals surface area (Å²) in [6.07, 6.45) is 3.75. The maximum atomic E-state index is 6.37. The van der Waals surface area contributed by atoms with Gasteiger partial charge in [-0.25, -0.2) is 0 Å². The second kappa shape index (κ2) is 5.01. The third-order valence-electron chi connectivity index (χ3n) is 4.18. The van der Waals surface area contributed by atoms with Gasteiger partial charge in [0, 0.05) is 27.7 Å². The van der Waals surface area contributed by atoms with Crippen molar-refractivity contribution in [3.05, 3.63) is 33.8 Å². The minimum atomic E-state index is 0.309. The Morgan fingerprint density at radius 2 is 1.83 bits per heavy atom. The lowest BCUT2D eigenvalue weighted by Crippen LogP contribution is -2.30. The summed E-state index contributed by atoms with van der Waals surface area (Å²) in [5.74, 6) is 0.475. The van der Waals surface area contributed by atoms with Crippen molar-refractivity contribution in [3.8, 4) is 0 Å². The van der Waals surface area contributed by atoms with Crippen LogP contribution in [0.3, 0.4) is 0 Å². The van der Waals surface area contributed by atoms with Crippen molar-refractivity contribution in [1.29, 1.82) is 0 Å². The molecule has 0 spiro atoms. The number of nitrogens with zero attached hydrogens (tertiary/aromatic N) is 1. The number of benzene rings is 1. The lowest BCUT2D eigenvalue weighted by molar-refractivity contribution is 0.220. The topological polar surface area (TPSA) is 29.3 Å². The van der Waals surface area contributed by atoms with E-state index in [1.165, 1.54) is 12.8 Å². The molecule has 1 aliphatic heterocycles. The van der Waals surface area contributed by atoms with Crippen molar-refractivity contribution in [3.63, 3.8) is 0 Å². The second-order valence-corrected chi connectivity index (χ2v) is 6.15. The molecule has 0 radical (unpaired) electrons. The monoisotopic (exact) mass is 284 g/mol. The van der Waals surface area contributed by atoms with Gasteiger partial charge in [0.15, 0.2) is 0 Å². The molecule has 2 unspecified atom stereocenters. The molecule has 1 saturated carbocycles. The minimum absolute atomic E-state index is 0.309. The van der Waals surface area contributed by atoms with Crippen molar-refractivity contribution < 1.29 is 0 Å². The predicted octanol–water partition coefficient (Wildman–Crippen LogP) is 3.48. The van der Waals surface area contributed by atoms with Crippen LogP contribution in [0.4, 0.5) is 0 Å². The molecule has 2 atom stereocenters. The highest BCUT2D eigenvalue weighted by Gasteiger charge is 2.43. The molecule has 0 bridgehead atoms. The number of hydrogen-bond acceptors (Lipinski definition) is 2. The zero-order valence-corrected chi connectivity index (χ0v) is 11.8. The normalized spacial score (nSPS) is 28.8. The molecule has 0 amide bonds. The van der Waals surface area contributed by atoms with E-state index in [4.69, 9.17) is 28.9 Å². The summed E-state index contributed by atoms with van der Waals surface area (Å²) in [4.78, 5) is 2.56. The quantitative estimate of drug-likeness (QED) is 0.921. The Kier molecular flexibility index (Phi) is 3.55. The molecule has 1 aromatic carbocycles. The summed E-state index contributed by atoms with van der Waals surface area (Å²) in [7, 11) is 0. The summed E-state index contributed by atoms with van der Waals surface area (Å²) >= 11 is 12.7. The van der Waals surface area contributed by atoms with Crippen molar-refractivity contribution in [2.45, 2.75) is 31.3 Å². The third kappa shape index (κ3) is 2.16. The van der Waals surface area contributed by atoms with E-state index in [1.807, 2.05) is 18.2 Å². The van der Waals surface area contributed by atoms with Gasteiger partial charge in [-0.3, -0.25) is 4.90 Å². The summed E-state index contributed by atoms with van der Waals surface area (Å²) in [5, 5.41) is 1.55. The molecular formula is C14H18Cl2N2. The highest BCUT2D eigenvalue weighted by Crippen LogP contribution is 2.47. The van der Waals surface area contributed by atoms with Crippen LogP contribution in [0.2, 0.25) is 10.0 Å². The zero-order chi connectivity index (χ0) is 12.7. The molecule has 2 fully saturated rings. The van der Waals surface area contributed by atoms with Gasteiger partial charge in [-0.1, -0.05) is 29.3 Å². The van der Waals surface area contributed by atoms with Crippen LogP contribution < -0.4 is 5.73 Å². The molecule has 0 aromatic heterocycles. The fraction of sp³-hybridized carbons (Fsp3) is 0.571. The molecule has 1 aromatic rings. The third-order valence-corrected chi connectivity index (χ3v) is 4.84. The van der Waals surface area contributed by atoms with Crippen molar-refractivity contribution >= 4 is 23.2 Å². The van der Waals surface area contributed by atoms with E-state index in [0.29, 0.717) is 18.5 Å². The maximum Gasteiger partial charge on any atom is 0.0468 e. The van der Waals surface area contributed by atoms with Gasteiger partial charge in [-0.05, 0) is 50.4 Å². The van der Waals surface area contributed by atoms with E-state index in [-0.39, 0.29) is 0 Å². The van der Waals surface area contributed by atoms with Crippen LogP contribution in [0.5, 0.6) is 0 Å². The van der Waals surface area contributed by atoms with Crippen LogP contribution in [0.25, 0.3) is 0 Å². The van der Waals surface area contributed by atoms with E-state index in [9.17, 15) is 0 Å². The van der Waals surface area contributed by atoms with Gasteiger partial charge in [0.25, 0.3) is 0 Å². The molecule has 18 heavy (non-hydrogen) atoms. The van der Waals surface area contributed by atoms with Gasteiger partial charge in [-0.15, -0.1) is 0 Å². The summed E-state index contributed by atoms with van der Waals surface area (Å²) < 4.78 is 0. The van der Waals surface area contributed by atoms with Gasteiger partial charge in [0.2, 0.25) is 0 Å². The summed E-state index contributed by atoms with van der Waals surface area (Å²) in [6, 6.07) is 6.80. The molecule has 1 aliphatic carbocycles. The fourth-order valence-corrected chi connectivity index (χ4v) is 3.76. The van der Waals surface area contributed by atoms with Crippen LogP contribution in [0.15, 0.2) is 18.2 Å². The molecule has 3 rings (SSSR count). The van der Waals surface area contributed by atoms with Crippen LogP contribution in [-0.2, 0) is 0 Å². The first kappa shape index (κ1) is 12.7. The van der Waals surface area contributed by atoms with Crippen LogP contribution >= 0.6 is 23.2 Å². The second-order valence-electron chi connectivity index (χ2n) is 5.33. The summed E-state index contributed by atoms with van der Waals surface area (Å²) in [5.41, 5.74) is 7.02. The molecule has 98 valence electrons. The van der Waals surface area contributed by atoms with E-state index < -0.39 is 0 Å². The predicted molar refractivity (Wildman–Crippen MR) is 76.1 cm³/mol. The van der Waals surface area contributed by atoms with Crippen molar-refractivity contribution in [1.82, 2.24) is 4.90 Å². The zero-order valence-electron chi connectivity index (χ0n) is 10.3. The van der Waals surface area contributed by atoms with Gasteiger partial charge >= 0.3 is 0 Å². The Bertz CT molecular complexity index is 425. The fourth-order valence-electron chi connectivity index (χ4n) is 3.14. The number of hydrogen-bond donors (Lipinski definition) is 1. The van der Waals surface area contributed by atoms with Crippen LogP contribution in [0, 0.1) is 5.92 Å². The van der Waals surface area contributed by atoms with Gasteiger partial charge in [0.05, 0.1) is 0 Å². The van der Waals surface area contributed by atoms with Gasteiger partial charge in [-0.2, -0.15) is 0 Å². The van der Waals surface area contributed by atoms with Crippen molar-refractivity contribution in [2.24, 2.45) is 11.7 Å². The Balaban J connectivity index is 2.00. The average molecular weight is 285 g/mol. The highest BCUT2D eigenvalue weighted by molar-refractivity contribution is 6.36. The number of likely N-dealkylation sites (tertiary alicyclic amines) is 1. The Labute approximate surface area is 118 Å². The summed E-state index contributed by atoms with van der Waals surface area (Å²) in [6.45, 7) is 1.83. The first-order valence-electron chi connectivity index (χ1n) is 6.62. The number of rotatable bonds is 3. The largest absolute Gasteiger partial charge is 0.330 e. The van der Waals surface area contributed by atoms with Crippen LogP contribution in [-0.4, -0.2) is 24.0 Å². The Hall–Kier alpha value is -0.280. The Morgan fingerprint density at radius 1 is 1.17 bits per heavy atom. The first-order chi connectivity index (χ1) is 8.72. The van der Waals surface area contributed by atoms with Gasteiger partial charge in [0.1, 0.15) is 0 Å². The van der Waals surface area contributed by atoms with Gasteiger partial charge < -0.3 is 5.73 Å². The number of halogens is 2. The molecule has 1 heterocycles. The molecule has 4 heteroatoms. The lowest BCUT2D eigenvalue weighted by Gasteiger charge is -2.29. The molecular weight excluding hydrogens is 267 g/mol. The SMILES string of the molecule is NCC1CCN(C2CC2)C1c1c(Cl)cccc1Cl. The smallest absolute Gasteiger partial charge is 0.0468 e. The van der Waals surface area contributed by atoms with E-state index in [0.717, 1.165) is 34.6 Å². The average Bonchev–Trinajstić information content (AvgIpc) is 3.11. The molecule has 1 saturated heterocycles. The molecule has 2 aliphatic rings. The van der Waals surface area contributed by atoms with E-state index in [2.05, 4.69) is 4.90 Å². The lowest BCUT2D eigenvalue weighted by atomic mass is 9.93.